The molecule has 0 unspecified atom stereocenters. The fourth-order valence-corrected chi connectivity index (χ4v) is 3.45. The van der Waals surface area contributed by atoms with Gasteiger partial charge < -0.3 is 9.47 Å². The summed E-state index contributed by atoms with van der Waals surface area (Å²) in [7, 11) is 0. The molecule has 0 saturated carbocycles. The van der Waals surface area contributed by atoms with Gasteiger partial charge in [0.1, 0.15) is 6.29 Å². The molecule has 0 aliphatic rings. The van der Waals surface area contributed by atoms with Gasteiger partial charge in [-0.1, -0.05) is 74.5 Å². The third-order valence-electron chi connectivity index (χ3n) is 4.89. The van der Waals surface area contributed by atoms with E-state index in [0.29, 0.717) is 30.4 Å². The van der Waals surface area contributed by atoms with Crippen LogP contribution in [0.5, 0.6) is 11.5 Å². The Kier molecular flexibility index (Phi) is 8.08. The zero-order chi connectivity index (χ0) is 21.2. The molecular formula is C27H30O3. The van der Waals surface area contributed by atoms with Crippen molar-refractivity contribution in [3.63, 3.8) is 0 Å². The fraction of sp³-hybridized carbons (Fsp3) is 0.296. The molecular weight excluding hydrogens is 372 g/mol. The van der Waals surface area contributed by atoms with Crippen LogP contribution in [-0.2, 0) is 19.3 Å². The van der Waals surface area contributed by atoms with E-state index in [1.807, 2.05) is 42.5 Å². The molecule has 0 atom stereocenters. The molecule has 0 heterocycles. The third-order valence-corrected chi connectivity index (χ3v) is 4.89. The van der Waals surface area contributed by atoms with Gasteiger partial charge in [-0.05, 0) is 41.2 Å². The van der Waals surface area contributed by atoms with Gasteiger partial charge in [-0.3, -0.25) is 4.79 Å². The highest BCUT2D eigenvalue weighted by Gasteiger charge is 2.15. The lowest BCUT2D eigenvalue weighted by Crippen LogP contribution is -2.09. The van der Waals surface area contributed by atoms with Crippen LogP contribution in [0.25, 0.3) is 0 Å². The van der Waals surface area contributed by atoms with Crippen LogP contribution in [0.2, 0.25) is 0 Å². The van der Waals surface area contributed by atoms with Crippen molar-refractivity contribution >= 4 is 6.29 Å². The van der Waals surface area contributed by atoms with E-state index in [1.54, 1.807) is 6.07 Å². The summed E-state index contributed by atoms with van der Waals surface area (Å²) in [6.07, 6.45) is 3.33. The second-order valence-electron chi connectivity index (χ2n) is 7.89. The molecule has 30 heavy (non-hydrogen) atoms. The summed E-state index contributed by atoms with van der Waals surface area (Å²) < 4.78 is 12.4. The number of carbonyl (C=O) groups excluding carboxylic acids is 1. The molecule has 0 spiro atoms. The highest BCUT2D eigenvalue weighted by Crippen LogP contribution is 2.35. The van der Waals surface area contributed by atoms with Crippen LogP contribution in [0, 0.1) is 5.92 Å². The van der Waals surface area contributed by atoms with Crippen LogP contribution >= 0.6 is 0 Å². The minimum atomic E-state index is 0.445. The first kappa shape index (κ1) is 21.6. The van der Waals surface area contributed by atoms with Gasteiger partial charge in [-0.15, -0.1) is 0 Å². The van der Waals surface area contributed by atoms with Gasteiger partial charge in [0.2, 0.25) is 0 Å². The second kappa shape index (κ2) is 11.2. The maximum Gasteiger partial charge on any atom is 0.164 e. The number of hydrogen-bond donors (Lipinski definition) is 0. The zero-order valence-corrected chi connectivity index (χ0v) is 17.8. The molecule has 3 rings (SSSR count). The van der Waals surface area contributed by atoms with Gasteiger partial charge in [0.15, 0.2) is 11.5 Å². The van der Waals surface area contributed by atoms with Crippen LogP contribution in [-0.4, -0.2) is 19.5 Å². The molecule has 0 saturated heterocycles. The molecule has 0 radical (unpaired) electrons. The van der Waals surface area contributed by atoms with Gasteiger partial charge >= 0.3 is 0 Å². The number of aldehydes is 1. The van der Waals surface area contributed by atoms with E-state index in [9.17, 15) is 4.79 Å². The van der Waals surface area contributed by atoms with E-state index >= 15 is 0 Å². The number of benzene rings is 3. The van der Waals surface area contributed by atoms with Crippen LogP contribution in [0.4, 0.5) is 0 Å². The first-order chi connectivity index (χ1) is 14.7. The molecule has 3 heteroatoms. The van der Waals surface area contributed by atoms with Crippen LogP contribution < -0.4 is 9.47 Å². The van der Waals surface area contributed by atoms with Crippen LogP contribution in [0.3, 0.4) is 0 Å². The first-order valence-corrected chi connectivity index (χ1v) is 10.6. The molecule has 0 N–H and O–H groups in total. The maximum atomic E-state index is 11.5. The van der Waals surface area contributed by atoms with Crippen molar-refractivity contribution in [2.24, 2.45) is 5.92 Å². The smallest absolute Gasteiger partial charge is 0.164 e. The Labute approximate surface area is 179 Å². The first-order valence-electron chi connectivity index (χ1n) is 10.6. The monoisotopic (exact) mass is 402 g/mol. The Hall–Kier alpha value is -3.07. The molecule has 0 aliphatic heterocycles. The molecule has 3 nitrogen and oxygen atoms in total. The van der Waals surface area contributed by atoms with Gasteiger partial charge in [0.25, 0.3) is 0 Å². The number of carbonyl (C=O) groups is 1. The fourth-order valence-electron chi connectivity index (χ4n) is 3.45. The van der Waals surface area contributed by atoms with Crippen molar-refractivity contribution in [1.82, 2.24) is 0 Å². The molecule has 0 aromatic heterocycles. The van der Waals surface area contributed by atoms with Crippen molar-refractivity contribution in [3.8, 4) is 11.5 Å². The summed E-state index contributed by atoms with van der Waals surface area (Å²) >= 11 is 0. The highest BCUT2D eigenvalue weighted by atomic mass is 16.5. The number of ether oxygens (including phenoxy) is 2. The summed E-state index contributed by atoms with van der Waals surface area (Å²) in [5.41, 5.74) is 4.10. The predicted octanol–water partition coefficient (Wildman–Crippen LogP) is 5.94. The SMILES string of the molecule is CC(C)Cc1cc(C=O)cc(OCCc2ccccc2)c1OCCc1ccccc1. The Morgan fingerprint density at radius 1 is 0.800 bits per heavy atom. The van der Waals surface area contributed by atoms with Crippen molar-refractivity contribution in [3.05, 3.63) is 95.1 Å². The molecule has 0 amide bonds. The normalized spacial score (nSPS) is 10.8. The number of rotatable bonds is 11. The molecule has 156 valence electrons. The van der Waals surface area contributed by atoms with Gasteiger partial charge in [-0.25, -0.2) is 0 Å². The largest absolute Gasteiger partial charge is 0.489 e. The predicted molar refractivity (Wildman–Crippen MR) is 122 cm³/mol. The van der Waals surface area contributed by atoms with E-state index in [0.717, 1.165) is 36.9 Å². The van der Waals surface area contributed by atoms with Gasteiger partial charge in [-0.2, -0.15) is 0 Å². The molecule has 3 aromatic rings. The van der Waals surface area contributed by atoms with Crippen molar-refractivity contribution < 1.29 is 14.3 Å². The average Bonchev–Trinajstić information content (AvgIpc) is 2.76. The minimum Gasteiger partial charge on any atom is -0.489 e. The Balaban J connectivity index is 1.77. The molecule has 0 bridgehead atoms. The summed E-state index contributed by atoms with van der Waals surface area (Å²) in [5, 5.41) is 0. The lowest BCUT2D eigenvalue weighted by atomic mass is 9.99. The van der Waals surface area contributed by atoms with Crippen molar-refractivity contribution in [1.29, 1.82) is 0 Å². The van der Waals surface area contributed by atoms with Crippen LogP contribution in [0.1, 0.15) is 40.9 Å². The Morgan fingerprint density at radius 3 is 1.90 bits per heavy atom. The van der Waals surface area contributed by atoms with E-state index in [4.69, 9.17) is 9.47 Å². The zero-order valence-electron chi connectivity index (χ0n) is 17.8. The Bertz CT molecular complexity index is 918. The summed E-state index contributed by atoms with van der Waals surface area (Å²) in [4.78, 5) is 11.5. The lowest BCUT2D eigenvalue weighted by molar-refractivity contribution is 0.112. The summed E-state index contributed by atoms with van der Waals surface area (Å²) in [6.45, 7) is 5.42. The maximum absolute atomic E-state index is 11.5. The average molecular weight is 403 g/mol. The highest BCUT2D eigenvalue weighted by molar-refractivity contribution is 5.77. The standard InChI is InChI=1S/C27H30O3/c1-21(2)17-25-18-24(20-28)19-26(29-15-13-22-9-5-3-6-10-22)27(25)30-16-14-23-11-7-4-8-12-23/h3-12,18-21H,13-17H2,1-2H3. The van der Waals surface area contributed by atoms with E-state index in [1.165, 1.54) is 11.1 Å². The molecule has 0 aliphatic carbocycles. The summed E-state index contributed by atoms with van der Waals surface area (Å²) in [6, 6.07) is 24.3. The van der Waals surface area contributed by atoms with E-state index < -0.39 is 0 Å². The second-order valence-corrected chi connectivity index (χ2v) is 7.89. The van der Waals surface area contributed by atoms with Crippen molar-refractivity contribution in [2.75, 3.05) is 13.2 Å². The lowest BCUT2D eigenvalue weighted by Gasteiger charge is -2.19. The van der Waals surface area contributed by atoms with E-state index in [2.05, 4.69) is 38.1 Å². The number of hydrogen-bond acceptors (Lipinski definition) is 3. The quantitative estimate of drug-likeness (QED) is 0.372. The van der Waals surface area contributed by atoms with Gasteiger partial charge in [0, 0.05) is 18.4 Å². The molecule has 3 aromatic carbocycles. The Morgan fingerprint density at radius 2 is 1.37 bits per heavy atom. The topological polar surface area (TPSA) is 35.5 Å². The third kappa shape index (κ3) is 6.48. The summed E-state index contributed by atoms with van der Waals surface area (Å²) in [5.74, 6) is 1.86. The molecule has 0 fully saturated rings. The van der Waals surface area contributed by atoms with Crippen LogP contribution in [0.15, 0.2) is 72.8 Å². The van der Waals surface area contributed by atoms with E-state index in [-0.39, 0.29) is 0 Å². The van der Waals surface area contributed by atoms with Gasteiger partial charge in [0.05, 0.1) is 13.2 Å². The van der Waals surface area contributed by atoms with Crippen molar-refractivity contribution in [2.45, 2.75) is 33.1 Å². The minimum absolute atomic E-state index is 0.445.